The SMILES string of the molecule is CC(C)(C)OC(=O)NCCNC(Cc1ccc2ccccc2c1)C(=O)O. The molecule has 0 radical (unpaired) electrons. The van der Waals surface area contributed by atoms with Crippen molar-refractivity contribution in [2.75, 3.05) is 13.1 Å². The number of aliphatic carboxylic acids is 1. The van der Waals surface area contributed by atoms with Crippen molar-refractivity contribution < 1.29 is 19.4 Å². The van der Waals surface area contributed by atoms with E-state index in [2.05, 4.69) is 10.6 Å². The quantitative estimate of drug-likeness (QED) is 0.663. The van der Waals surface area contributed by atoms with Gasteiger partial charge < -0.3 is 20.5 Å². The number of hydrogen-bond acceptors (Lipinski definition) is 4. The van der Waals surface area contributed by atoms with Gasteiger partial charge in [-0.25, -0.2) is 4.79 Å². The number of rotatable bonds is 7. The van der Waals surface area contributed by atoms with Crippen molar-refractivity contribution in [3.63, 3.8) is 0 Å². The van der Waals surface area contributed by atoms with Crippen LogP contribution in [-0.4, -0.2) is 41.9 Å². The number of carboxylic acid groups (broad SMARTS) is 1. The normalized spacial score (nSPS) is 12.6. The highest BCUT2D eigenvalue weighted by atomic mass is 16.6. The summed E-state index contributed by atoms with van der Waals surface area (Å²) < 4.78 is 5.13. The van der Waals surface area contributed by atoms with Gasteiger partial charge in [0.25, 0.3) is 0 Å². The van der Waals surface area contributed by atoms with Crippen molar-refractivity contribution in [2.45, 2.75) is 38.8 Å². The minimum Gasteiger partial charge on any atom is -0.480 e. The fraction of sp³-hybridized carbons (Fsp3) is 0.400. The van der Waals surface area contributed by atoms with Crippen LogP contribution in [0.1, 0.15) is 26.3 Å². The summed E-state index contributed by atoms with van der Waals surface area (Å²) in [5.41, 5.74) is 0.390. The van der Waals surface area contributed by atoms with Gasteiger partial charge in [0, 0.05) is 13.1 Å². The van der Waals surface area contributed by atoms with Gasteiger partial charge in [-0.05, 0) is 43.5 Å². The molecular formula is C20H26N2O4. The summed E-state index contributed by atoms with van der Waals surface area (Å²) in [5.74, 6) is -0.921. The largest absolute Gasteiger partial charge is 0.480 e. The molecule has 2 aromatic rings. The highest BCUT2D eigenvalue weighted by Crippen LogP contribution is 2.16. The van der Waals surface area contributed by atoms with E-state index >= 15 is 0 Å². The van der Waals surface area contributed by atoms with Crippen molar-refractivity contribution in [2.24, 2.45) is 0 Å². The summed E-state index contributed by atoms with van der Waals surface area (Å²) in [6.45, 7) is 5.98. The van der Waals surface area contributed by atoms with Crippen LogP contribution in [0.2, 0.25) is 0 Å². The lowest BCUT2D eigenvalue weighted by molar-refractivity contribution is -0.139. The van der Waals surface area contributed by atoms with Gasteiger partial charge in [0.1, 0.15) is 11.6 Å². The number of carbonyl (C=O) groups is 2. The van der Waals surface area contributed by atoms with Crippen LogP contribution in [0.25, 0.3) is 10.8 Å². The van der Waals surface area contributed by atoms with Crippen LogP contribution < -0.4 is 10.6 Å². The van der Waals surface area contributed by atoms with E-state index in [-0.39, 0.29) is 6.54 Å². The molecule has 2 aromatic carbocycles. The molecule has 0 spiro atoms. The topological polar surface area (TPSA) is 87.7 Å². The molecule has 0 aromatic heterocycles. The lowest BCUT2D eigenvalue weighted by Crippen LogP contribution is -2.43. The van der Waals surface area contributed by atoms with E-state index in [9.17, 15) is 14.7 Å². The molecule has 3 N–H and O–H groups in total. The molecule has 6 heteroatoms. The number of carboxylic acids is 1. The Morgan fingerprint density at radius 1 is 1.08 bits per heavy atom. The molecule has 0 aliphatic carbocycles. The zero-order chi connectivity index (χ0) is 19.2. The van der Waals surface area contributed by atoms with E-state index in [1.165, 1.54) is 0 Å². The van der Waals surface area contributed by atoms with Crippen molar-refractivity contribution in [1.82, 2.24) is 10.6 Å². The third-order valence-electron chi connectivity index (χ3n) is 3.74. The highest BCUT2D eigenvalue weighted by Gasteiger charge is 2.18. The molecule has 6 nitrogen and oxygen atoms in total. The number of hydrogen-bond donors (Lipinski definition) is 3. The van der Waals surface area contributed by atoms with Crippen LogP contribution in [0.4, 0.5) is 4.79 Å². The number of ether oxygens (including phenoxy) is 1. The Hall–Kier alpha value is -2.60. The Morgan fingerprint density at radius 3 is 2.42 bits per heavy atom. The standard InChI is InChI=1S/C20H26N2O4/c1-20(2,3)26-19(25)22-11-10-21-17(18(23)24)13-14-8-9-15-6-4-5-7-16(15)12-14/h4-9,12,17,21H,10-11,13H2,1-3H3,(H,22,25)(H,23,24). The first-order valence-electron chi connectivity index (χ1n) is 8.65. The molecule has 1 unspecified atom stereocenters. The molecule has 1 amide bonds. The van der Waals surface area contributed by atoms with Gasteiger partial charge in [0.15, 0.2) is 0 Å². The van der Waals surface area contributed by atoms with Gasteiger partial charge in [-0.15, -0.1) is 0 Å². The van der Waals surface area contributed by atoms with E-state index in [0.29, 0.717) is 13.0 Å². The summed E-state index contributed by atoms with van der Waals surface area (Å²) in [4.78, 5) is 23.1. The predicted molar refractivity (Wildman–Crippen MR) is 101 cm³/mol. The Balaban J connectivity index is 1.86. The minimum absolute atomic E-state index is 0.288. The maximum Gasteiger partial charge on any atom is 0.407 e. The van der Waals surface area contributed by atoms with Gasteiger partial charge in [-0.3, -0.25) is 4.79 Å². The van der Waals surface area contributed by atoms with Gasteiger partial charge in [-0.1, -0.05) is 42.5 Å². The van der Waals surface area contributed by atoms with Crippen LogP contribution in [0, 0.1) is 0 Å². The van der Waals surface area contributed by atoms with Crippen molar-refractivity contribution in [3.8, 4) is 0 Å². The number of benzene rings is 2. The first-order chi connectivity index (χ1) is 12.2. The van der Waals surface area contributed by atoms with Gasteiger partial charge in [-0.2, -0.15) is 0 Å². The van der Waals surface area contributed by atoms with Gasteiger partial charge in [0.05, 0.1) is 0 Å². The second kappa shape index (κ2) is 8.67. The van der Waals surface area contributed by atoms with E-state index in [1.54, 1.807) is 20.8 Å². The van der Waals surface area contributed by atoms with Gasteiger partial charge >= 0.3 is 12.1 Å². The predicted octanol–water partition coefficient (Wildman–Crippen LogP) is 2.95. The zero-order valence-electron chi connectivity index (χ0n) is 15.4. The van der Waals surface area contributed by atoms with Crippen molar-refractivity contribution >= 4 is 22.8 Å². The fourth-order valence-corrected chi connectivity index (χ4v) is 2.57. The number of fused-ring (bicyclic) bond motifs is 1. The molecule has 0 aliphatic heterocycles. The lowest BCUT2D eigenvalue weighted by Gasteiger charge is -2.20. The molecule has 140 valence electrons. The number of nitrogens with one attached hydrogen (secondary N) is 2. The summed E-state index contributed by atoms with van der Waals surface area (Å²) in [6.07, 6.45) is -0.146. The highest BCUT2D eigenvalue weighted by molar-refractivity contribution is 5.83. The molecule has 0 aliphatic rings. The first kappa shape index (κ1) is 19.7. The number of carbonyl (C=O) groups excluding carboxylic acids is 1. The van der Waals surface area contributed by atoms with E-state index in [4.69, 9.17) is 4.74 Å². The fourth-order valence-electron chi connectivity index (χ4n) is 2.57. The molecule has 0 saturated carbocycles. The average Bonchev–Trinajstić information content (AvgIpc) is 2.55. The monoisotopic (exact) mass is 358 g/mol. The van der Waals surface area contributed by atoms with Crippen LogP contribution in [0.3, 0.4) is 0 Å². The number of amides is 1. The summed E-state index contributed by atoms with van der Waals surface area (Å²) in [5, 5.41) is 17.2. The van der Waals surface area contributed by atoms with Gasteiger partial charge in [0.2, 0.25) is 0 Å². The third-order valence-corrected chi connectivity index (χ3v) is 3.74. The van der Waals surface area contributed by atoms with Crippen molar-refractivity contribution in [3.05, 3.63) is 48.0 Å². The Morgan fingerprint density at radius 2 is 1.77 bits per heavy atom. The Labute approximate surface area is 153 Å². The molecule has 0 saturated heterocycles. The van der Waals surface area contributed by atoms with E-state index < -0.39 is 23.7 Å². The molecule has 26 heavy (non-hydrogen) atoms. The molecule has 0 heterocycles. The zero-order valence-corrected chi connectivity index (χ0v) is 15.4. The van der Waals surface area contributed by atoms with E-state index in [0.717, 1.165) is 16.3 Å². The molecule has 2 rings (SSSR count). The van der Waals surface area contributed by atoms with Crippen LogP contribution >= 0.6 is 0 Å². The van der Waals surface area contributed by atoms with E-state index in [1.807, 2.05) is 42.5 Å². The summed E-state index contributed by atoms with van der Waals surface area (Å²) >= 11 is 0. The maximum absolute atomic E-state index is 11.6. The van der Waals surface area contributed by atoms with Crippen LogP contribution in [0.15, 0.2) is 42.5 Å². The Kier molecular flexibility index (Phi) is 6.58. The molecule has 0 bridgehead atoms. The minimum atomic E-state index is -0.921. The molecular weight excluding hydrogens is 332 g/mol. The Bertz CT molecular complexity index is 768. The summed E-state index contributed by atoms with van der Waals surface area (Å²) in [6, 6.07) is 13.2. The lowest BCUT2D eigenvalue weighted by atomic mass is 10.0. The molecule has 0 fully saturated rings. The molecule has 1 atom stereocenters. The van der Waals surface area contributed by atoms with Crippen molar-refractivity contribution in [1.29, 1.82) is 0 Å². The smallest absolute Gasteiger partial charge is 0.407 e. The van der Waals surface area contributed by atoms with Crippen LogP contribution in [-0.2, 0) is 16.0 Å². The third kappa shape index (κ3) is 6.37. The second-order valence-electron chi connectivity index (χ2n) is 7.16. The summed E-state index contributed by atoms with van der Waals surface area (Å²) in [7, 11) is 0. The second-order valence-corrected chi connectivity index (χ2v) is 7.16. The number of alkyl carbamates (subject to hydrolysis) is 1. The first-order valence-corrected chi connectivity index (χ1v) is 8.65. The van der Waals surface area contributed by atoms with Crippen LogP contribution in [0.5, 0.6) is 0 Å². The average molecular weight is 358 g/mol. The maximum atomic E-state index is 11.6.